The molecule has 1 heterocycles. The van der Waals surface area contributed by atoms with Crippen molar-refractivity contribution in [2.45, 2.75) is 26.9 Å². The first kappa shape index (κ1) is 28.0. The molecule has 4 amide bonds. The Morgan fingerprint density at radius 1 is 0.974 bits per heavy atom. The predicted molar refractivity (Wildman–Crippen MR) is 153 cm³/mol. The molecular weight excluding hydrogens is 539 g/mol. The lowest BCUT2D eigenvalue weighted by Crippen LogP contribution is -2.54. The highest BCUT2D eigenvalue weighted by Gasteiger charge is 2.37. The van der Waals surface area contributed by atoms with Gasteiger partial charge < -0.3 is 9.47 Å². The van der Waals surface area contributed by atoms with Crippen LogP contribution in [0.15, 0.2) is 66.8 Å². The van der Waals surface area contributed by atoms with Gasteiger partial charge in [-0.1, -0.05) is 41.4 Å². The van der Waals surface area contributed by atoms with Crippen LogP contribution >= 0.6 is 23.2 Å². The Morgan fingerprint density at radius 2 is 1.74 bits per heavy atom. The van der Waals surface area contributed by atoms with E-state index in [-0.39, 0.29) is 12.2 Å². The van der Waals surface area contributed by atoms with Gasteiger partial charge in [0.25, 0.3) is 11.8 Å². The Hall–Kier alpha value is -4.07. The van der Waals surface area contributed by atoms with Crippen molar-refractivity contribution in [1.82, 2.24) is 5.32 Å². The first-order valence-corrected chi connectivity index (χ1v) is 12.8. The molecule has 1 aliphatic heterocycles. The number of imide groups is 2. The van der Waals surface area contributed by atoms with Gasteiger partial charge in [-0.3, -0.25) is 14.9 Å². The lowest BCUT2D eigenvalue weighted by Gasteiger charge is -2.27. The summed E-state index contributed by atoms with van der Waals surface area (Å²) in [5.74, 6) is -0.630. The molecule has 0 radical (unpaired) electrons. The van der Waals surface area contributed by atoms with Crippen molar-refractivity contribution in [1.29, 1.82) is 0 Å². The van der Waals surface area contributed by atoms with E-state index >= 15 is 0 Å². The van der Waals surface area contributed by atoms with Crippen molar-refractivity contribution in [3.8, 4) is 11.5 Å². The molecule has 0 bridgehead atoms. The largest absolute Gasteiger partial charge is 0.493 e. The zero-order chi connectivity index (χ0) is 28.3. The maximum Gasteiger partial charge on any atom is 0.335 e. The molecule has 1 fully saturated rings. The molecule has 9 heteroatoms. The van der Waals surface area contributed by atoms with Crippen molar-refractivity contribution in [3.63, 3.8) is 0 Å². The number of urea groups is 1. The number of nitrogens with zero attached hydrogens (tertiary/aromatic N) is 1. The third-order valence-electron chi connectivity index (χ3n) is 6.27. The first-order valence-electron chi connectivity index (χ1n) is 12.0. The number of amides is 4. The molecule has 7 nitrogen and oxygen atoms in total. The Labute approximate surface area is 236 Å². The third kappa shape index (κ3) is 6.00. The second-order valence-corrected chi connectivity index (χ2v) is 9.78. The van der Waals surface area contributed by atoms with Gasteiger partial charge in [-0.05, 0) is 85.0 Å². The van der Waals surface area contributed by atoms with Gasteiger partial charge in [0.2, 0.25) is 0 Å². The third-order valence-corrected chi connectivity index (χ3v) is 7.01. The normalized spacial score (nSPS) is 14.4. The summed E-state index contributed by atoms with van der Waals surface area (Å²) in [5, 5.41) is 3.12. The van der Waals surface area contributed by atoms with E-state index in [2.05, 4.69) is 11.9 Å². The summed E-state index contributed by atoms with van der Waals surface area (Å²) in [4.78, 5) is 39.7. The minimum Gasteiger partial charge on any atom is -0.493 e. The Balaban J connectivity index is 1.70. The average molecular weight is 565 g/mol. The van der Waals surface area contributed by atoms with Crippen LogP contribution in [0, 0.1) is 13.8 Å². The summed E-state index contributed by atoms with van der Waals surface area (Å²) >= 11 is 12.1. The number of allylic oxidation sites excluding steroid dienone is 1. The van der Waals surface area contributed by atoms with Crippen LogP contribution in [0.1, 0.15) is 27.8 Å². The molecule has 200 valence electrons. The smallest absolute Gasteiger partial charge is 0.335 e. The van der Waals surface area contributed by atoms with Gasteiger partial charge in [-0.15, -0.1) is 6.58 Å². The minimum atomic E-state index is -0.804. The zero-order valence-corrected chi connectivity index (χ0v) is 23.2. The van der Waals surface area contributed by atoms with Crippen LogP contribution in [0.25, 0.3) is 6.08 Å². The Bertz CT molecular complexity index is 1530. The van der Waals surface area contributed by atoms with E-state index in [1.165, 1.54) is 13.2 Å². The number of hydrogen-bond donors (Lipinski definition) is 1. The summed E-state index contributed by atoms with van der Waals surface area (Å²) in [6.07, 6.45) is 3.56. The van der Waals surface area contributed by atoms with E-state index in [1.54, 1.807) is 42.5 Å². The molecule has 1 aliphatic rings. The van der Waals surface area contributed by atoms with Crippen molar-refractivity contribution in [2.24, 2.45) is 0 Å². The topological polar surface area (TPSA) is 84.9 Å². The molecule has 0 aromatic heterocycles. The molecule has 4 rings (SSSR count). The maximum atomic E-state index is 13.4. The van der Waals surface area contributed by atoms with Gasteiger partial charge in [-0.2, -0.15) is 0 Å². The second kappa shape index (κ2) is 11.8. The SMILES string of the molecule is C=CCc1cc(/C=C2\C(=O)NC(=O)N(c3ccc(C)c(C)c3)C2=O)cc(OC)c1OCc1ccc(Cl)c(Cl)c1. The predicted octanol–water partition coefficient (Wildman–Crippen LogP) is 6.59. The quantitative estimate of drug-likeness (QED) is 0.189. The maximum absolute atomic E-state index is 13.4. The van der Waals surface area contributed by atoms with Crippen LogP contribution in [0.4, 0.5) is 10.5 Å². The number of methoxy groups -OCH3 is 1. The number of aryl methyl sites for hydroxylation is 2. The van der Waals surface area contributed by atoms with Crippen LogP contribution in [-0.2, 0) is 22.6 Å². The highest BCUT2D eigenvalue weighted by atomic mass is 35.5. The molecule has 0 spiro atoms. The fourth-order valence-corrected chi connectivity index (χ4v) is 4.42. The molecule has 1 N–H and O–H groups in total. The standard InChI is InChI=1S/C30H26Cl2N2O5/c1-5-6-21-12-20(15-26(38-4)27(21)39-16-19-8-10-24(31)25(32)14-19)13-23-28(35)33-30(37)34(29(23)36)22-9-7-17(2)18(3)11-22/h5,7-15H,1,6,16H2,2-4H3,(H,33,35,37)/b23-13+. The van der Waals surface area contributed by atoms with Crippen molar-refractivity contribution < 1.29 is 23.9 Å². The molecule has 0 aliphatic carbocycles. The highest BCUT2D eigenvalue weighted by molar-refractivity contribution is 6.42. The summed E-state index contributed by atoms with van der Waals surface area (Å²) in [6.45, 7) is 7.83. The molecule has 3 aromatic carbocycles. The summed E-state index contributed by atoms with van der Waals surface area (Å²) < 4.78 is 11.7. The van der Waals surface area contributed by atoms with Gasteiger partial charge in [-0.25, -0.2) is 9.69 Å². The minimum absolute atomic E-state index is 0.191. The van der Waals surface area contributed by atoms with Gasteiger partial charge >= 0.3 is 6.03 Å². The number of benzene rings is 3. The lowest BCUT2D eigenvalue weighted by molar-refractivity contribution is -0.122. The molecular formula is C30H26Cl2N2O5. The molecule has 0 saturated carbocycles. The molecule has 0 atom stereocenters. The lowest BCUT2D eigenvalue weighted by atomic mass is 10.0. The van der Waals surface area contributed by atoms with E-state index < -0.39 is 17.8 Å². The number of rotatable bonds is 8. The van der Waals surface area contributed by atoms with E-state index in [4.69, 9.17) is 32.7 Å². The van der Waals surface area contributed by atoms with Crippen LogP contribution < -0.4 is 19.7 Å². The number of carbonyl (C=O) groups excluding carboxylic acids is 3. The van der Waals surface area contributed by atoms with Crippen molar-refractivity contribution in [2.75, 3.05) is 12.0 Å². The molecule has 1 saturated heterocycles. The monoisotopic (exact) mass is 564 g/mol. The van der Waals surface area contributed by atoms with Crippen LogP contribution in [0.5, 0.6) is 11.5 Å². The summed E-state index contributed by atoms with van der Waals surface area (Å²) in [6, 6.07) is 13.1. The number of carbonyl (C=O) groups is 3. The second-order valence-electron chi connectivity index (χ2n) is 8.97. The van der Waals surface area contributed by atoms with E-state index in [9.17, 15) is 14.4 Å². The summed E-state index contributed by atoms with van der Waals surface area (Å²) in [5.41, 5.74) is 4.15. The van der Waals surface area contributed by atoms with Crippen molar-refractivity contribution >= 4 is 52.8 Å². The average Bonchev–Trinajstić information content (AvgIpc) is 2.89. The highest BCUT2D eigenvalue weighted by Crippen LogP contribution is 2.36. The number of anilines is 1. The van der Waals surface area contributed by atoms with E-state index in [1.807, 2.05) is 26.0 Å². The molecule has 0 unspecified atom stereocenters. The first-order chi connectivity index (χ1) is 18.6. The fraction of sp³-hybridized carbons (Fsp3) is 0.167. The van der Waals surface area contributed by atoms with E-state index in [0.717, 1.165) is 27.2 Å². The number of ether oxygens (including phenoxy) is 2. The summed E-state index contributed by atoms with van der Waals surface area (Å²) in [7, 11) is 1.49. The zero-order valence-electron chi connectivity index (χ0n) is 21.6. The van der Waals surface area contributed by atoms with Crippen LogP contribution in [0.2, 0.25) is 10.0 Å². The van der Waals surface area contributed by atoms with Crippen LogP contribution in [-0.4, -0.2) is 25.0 Å². The number of halogens is 2. The van der Waals surface area contributed by atoms with Gasteiger partial charge in [0.15, 0.2) is 11.5 Å². The van der Waals surface area contributed by atoms with Crippen LogP contribution in [0.3, 0.4) is 0 Å². The Kier molecular flexibility index (Phi) is 8.43. The van der Waals surface area contributed by atoms with E-state index in [0.29, 0.717) is 39.2 Å². The number of barbiturate groups is 1. The van der Waals surface area contributed by atoms with Gasteiger partial charge in [0.1, 0.15) is 12.2 Å². The number of hydrogen-bond acceptors (Lipinski definition) is 5. The fourth-order valence-electron chi connectivity index (χ4n) is 4.10. The van der Waals surface area contributed by atoms with Gasteiger partial charge in [0.05, 0.1) is 22.8 Å². The van der Waals surface area contributed by atoms with Gasteiger partial charge in [0, 0.05) is 5.56 Å². The Morgan fingerprint density at radius 3 is 2.41 bits per heavy atom. The number of nitrogens with one attached hydrogen (secondary N) is 1. The van der Waals surface area contributed by atoms with Crippen molar-refractivity contribution in [3.05, 3.63) is 105 Å². The molecule has 39 heavy (non-hydrogen) atoms. The molecule has 3 aromatic rings.